The standard InChI is InChI=1S/C20H34N4O9/c1-12(2)11-22-16(26)8-7-15(25)21-10-4-3-5-13(18(29)30)23-20(33)24-14(19(31)32)6-9-17(27)28/h12-14H,3-11H2,1-2H3,(H,21,25)(H,22,26)(H,27,28)(H,29,30)(H,31,32)(H2,23,24,33). The van der Waals surface area contributed by atoms with E-state index in [0.29, 0.717) is 25.3 Å². The van der Waals surface area contributed by atoms with E-state index in [1.165, 1.54) is 0 Å². The zero-order valence-corrected chi connectivity index (χ0v) is 18.9. The Hall–Kier alpha value is -3.38. The third-order valence-electron chi connectivity index (χ3n) is 4.38. The number of nitrogens with one attached hydrogen (secondary N) is 4. The van der Waals surface area contributed by atoms with Gasteiger partial charge in [-0.1, -0.05) is 13.8 Å². The highest BCUT2D eigenvalue weighted by Crippen LogP contribution is 2.03. The summed E-state index contributed by atoms with van der Waals surface area (Å²) in [5, 5.41) is 36.4. The molecule has 13 heteroatoms. The molecule has 2 unspecified atom stereocenters. The molecular formula is C20H34N4O9. The maximum absolute atomic E-state index is 11.9. The summed E-state index contributed by atoms with van der Waals surface area (Å²) in [6.07, 6.45) is 0.0763. The lowest BCUT2D eigenvalue weighted by atomic mass is 10.1. The van der Waals surface area contributed by atoms with Gasteiger partial charge in [0.05, 0.1) is 0 Å². The summed E-state index contributed by atoms with van der Waals surface area (Å²) in [6.45, 7) is 4.72. The third kappa shape index (κ3) is 16.0. The molecule has 0 aromatic carbocycles. The van der Waals surface area contributed by atoms with E-state index in [1.807, 2.05) is 19.2 Å². The van der Waals surface area contributed by atoms with Crippen LogP contribution in [0.2, 0.25) is 0 Å². The van der Waals surface area contributed by atoms with Gasteiger partial charge in [0.25, 0.3) is 0 Å². The molecule has 0 saturated carbocycles. The topological polar surface area (TPSA) is 211 Å². The minimum absolute atomic E-state index is 0.0308. The van der Waals surface area contributed by atoms with Crippen molar-refractivity contribution in [2.75, 3.05) is 13.1 Å². The minimum Gasteiger partial charge on any atom is -0.481 e. The maximum Gasteiger partial charge on any atom is 0.326 e. The Bertz CT molecular complexity index is 697. The Morgan fingerprint density at radius 3 is 1.70 bits per heavy atom. The molecule has 0 aliphatic carbocycles. The number of carbonyl (C=O) groups excluding carboxylic acids is 3. The predicted molar refractivity (Wildman–Crippen MR) is 115 cm³/mol. The smallest absolute Gasteiger partial charge is 0.326 e. The van der Waals surface area contributed by atoms with Gasteiger partial charge in [0, 0.05) is 32.4 Å². The Kier molecular flexibility index (Phi) is 14.6. The summed E-state index contributed by atoms with van der Waals surface area (Å²) < 4.78 is 0. The zero-order chi connectivity index (χ0) is 25.4. The number of rotatable bonds is 17. The number of amides is 4. The molecule has 0 aromatic rings. The fraction of sp³-hybridized carbons (Fsp3) is 0.700. The second kappa shape index (κ2) is 16.3. The molecule has 33 heavy (non-hydrogen) atoms. The minimum atomic E-state index is -1.47. The van der Waals surface area contributed by atoms with Gasteiger partial charge in [0.2, 0.25) is 11.8 Å². The number of carboxylic acids is 3. The van der Waals surface area contributed by atoms with Crippen molar-refractivity contribution in [3.63, 3.8) is 0 Å². The molecule has 0 bridgehead atoms. The summed E-state index contributed by atoms with van der Waals surface area (Å²) in [6, 6.07) is -3.80. The van der Waals surface area contributed by atoms with Crippen molar-refractivity contribution in [1.82, 2.24) is 21.3 Å². The molecule has 0 aliphatic heterocycles. The fourth-order valence-electron chi connectivity index (χ4n) is 2.56. The van der Waals surface area contributed by atoms with Crippen LogP contribution in [0.25, 0.3) is 0 Å². The van der Waals surface area contributed by atoms with Crippen LogP contribution in [0, 0.1) is 5.92 Å². The molecule has 2 atom stereocenters. The average Bonchev–Trinajstić information content (AvgIpc) is 2.71. The molecule has 4 amide bonds. The van der Waals surface area contributed by atoms with E-state index in [1.54, 1.807) is 0 Å². The molecule has 0 fully saturated rings. The van der Waals surface area contributed by atoms with Crippen molar-refractivity contribution < 1.29 is 44.1 Å². The number of urea groups is 1. The Morgan fingerprint density at radius 2 is 1.21 bits per heavy atom. The summed E-state index contributed by atoms with van der Waals surface area (Å²) in [7, 11) is 0. The van der Waals surface area contributed by atoms with Crippen LogP contribution < -0.4 is 21.3 Å². The summed E-state index contributed by atoms with van der Waals surface area (Å²) in [5.41, 5.74) is 0. The quantitative estimate of drug-likeness (QED) is 0.140. The number of unbranched alkanes of at least 4 members (excludes halogenated alkanes) is 1. The first kappa shape index (κ1) is 29.6. The second-order valence-corrected chi connectivity index (χ2v) is 7.88. The van der Waals surface area contributed by atoms with Crippen molar-refractivity contribution in [3.8, 4) is 0 Å². The van der Waals surface area contributed by atoms with E-state index >= 15 is 0 Å². The van der Waals surface area contributed by atoms with E-state index in [0.717, 1.165) is 0 Å². The molecule has 0 heterocycles. The Balaban J connectivity index is 4.25. The molecule has 0 radical (unpaired) electrons. The molecule has 0 spiro atoms. The molecular weight excluding hydrogens is 440 g/mol. The highest BCUT2D eigenvalue weighted by atomic mass is 16.4. The Morgan fingerprint density at radius 1 is 0.697 bits per heavy atom. The predicted octanol–water partition coefficient (Wildman–Crippen LogP) is -0.104. The molecule has 7 N–H and O–H groups in total. The van der Waals surface area contributed by atoms with Crippen molar-refractivity contribution in [1.29, 1.82) is 0 Å². The van der Waals surface area contributed by atoms with Crippen LogP contribution in [0.15, 0.2) is 0 Å². The van der Waals surface area contributed by atoms with Gasteiger partial charge in [-0.3, -0.25) is 14.4 Å². The van der Waals surface area contributed by atoms with Crippen LogP contribution >= 0.6 is 0 Å². The van der Waals surface area contributed by atoms with Gasteiger partial charge in [0.1, 0.15) is 12.1 Å². The molecule has 0 aromatic heterocycles. The van der Waals surface area contributed by atoms with Crippen molar-refractivity contribution >= 4 is 35.8 Å². The molecule has 0 saturated heterocycles. The number of hydrogen-bond donors (Lipinski definition) is 7. The van der Waals surface area contributed by atoms with E-state index in [4.69, 9.17) is 10.2 Å². The molecule has 0 rings (SSSR count). The van der Waals surface area contributed by atoms with Crippen LogP contribution in [0.4, 0.5) is 4.79 Å². The van der Waals surface area contributed by atoms with Crippen LogP contribution in [0.1, 0.15) is 58.8 Å². The first-order valence-corrected chi connectivity index (χ1v) is 10.7. The second-order valence-electron chi connectivity index (χ2n) is 7.88. The lowest BCUT2D eigenvalue weighted by molar-refractivity contribution is -0.141. The van der Waals surface area contributed by atoms with Gasteiger partial charge in [-0.15, -0.1) is 0 Å². The number of hydrogen-bond acceptors (Lipinski definition) is 6. The zero-order valence-electron chi connectivity index (χ0n) is 18.9. The largest absolute Gasteiger partial charge is 0.481 e. The van der Waals surface area contributed by atoms with Crippen LogP contribution in [-0.2, 0) is 24.0 Å². The van der Waals surface area contributed by atoms with Gasteiger partial charge in [0.15, 0.2) is 0 Å². The van der Waals surface area contributed by atoms with Gasteiger partial charge in [-0.05, 0) is 31.6 Å². The molecule has 188 valence electrons. The van der Waals surface area contributed by atoms with Crippen molar-refractivity contribution in [3.05, 3.63) is 0 Å². The first-order chi connectivity index (χ1) is 15.4. The van der Waals surface area contributed by atoms with Crippen LogP contribution in [-0.4, -0.2) is 76.2 Å². The van der Waals surface area contributed by atoms with Crippen LogP contribution in [0.3, 0.4) is 0 Å². The normalized spacial score (nSPS) is 12.3. The van der Waals surface area contributed by atoms with E-state index in [9.17, 15) is 33.9 Å². The number of carbonyl (C=O) groups is 6. The van der Waals surface area contributed by atoms with Gasteiger partial charge < -0.3 is 36.6 Å². The van der Waals surface area contributed by atoms with Crippen molar-refractivity contribution in [2.45, 2.75) is 70.9 Å². The first-order valence-electron chi connectivity index (χ1n) is 10.7. The van der Waals surface area contributed by atoms with Gasteiger partial charge in [-0.25, -0.2) is 14.4 Å². The van der Waals surface area contributed by atoms with E-state index in [2.05, 4.69) is 16.0 Å². The highest BCUT2D eigenvalue weighted by molar-refractivity contribution is 5.86. The van der Waals surface area contributed by atoms with Gasteiger partial charge >= 0.3 is 23.9 Å². The van der Waals surface area contributed by atoms with Crippen molar-refractivity contribution in [2.24, 2.45) is 5.92 Å². The summed E-state index contributed by atoms with van der Waals surface area (Å²) in [5.74, 6) is -4.18. The number of carboxylic acid groups (broad SMARTS) is 3. The van der Waals surface area contributed by atoms with Gasteiger partial charge in [-0.2, -0.15) is 0 Å². The highest BCUT2D eigenvalue weighted by Gasteiger charge is 2.24. The molecule has 13 nitrogen and oxygen atoms in total. The Labute approximate surface area is 191 Å². The maximum atomic E-state index is 11.9. The lowest BCUT2D eigenvalue weighted by Crippen LogP contribution is -2.51. The SMILES string of the molecule is CC(C)CNC(=O)CCC(=O)NCCCCC(NC(=O)NC(CCC(=O)O)C(=O)O)C(=O)O. The average molecular weight is 475 g/mol. The summed E-state index contributed by atoms with van der Waals surface area (Å²) in [4.78, 5) is 68.3. The van der Waals surface area contributed by atoms with Crippen LogP contribution in [0.5, 0.6) is 0 Å². The third-order valence-corrected chi connectivity index (χ3v) is 4.38. The molecule has 0 aliphatic rings. The summed E-state index contributed by atoms with van der Waals surface area (Å²) >= 11 is 0. The number of aliphatic carboxylic acids is 3. The van der Waals surface area contributed by atoms with E-state index < -0.39 is 42.4 Å². The fourth-order valence-corrected chi connectivity index (χ4v) is 2.56. The van der Waals surface area contributed by atoms with E-state index in [-0.39, 0.29) is 44.0 Å². The lowest BCUT2D eigenvalue weighted by Gasteiger charge is -2.18. The monoisotopic (exact) mass is 474 g/mol.